The third kappa shape index (κ3) is 6.46. The van der Waals surface area contributed by atoms with E-state index >= 15 is 0 Å². The molecule has 3 nitrogen and oxygen atoms in total. The van der Waals surface area contributed by atoms with Crippen molar-refractivity contribution in [2.24, 2.45) is 5.92 Å². The summed E-state index contributed by atoms with van der Waals surface area (Å²) in [6.07, 6.45) is 7.83. The van der Waals surface area contributed by atoms with Crippen LogP contribution in [0.1, 0.15) is 43.4 Å². The molecule has 0 saturated carbocycles. The lowest BCUT2D eigenvalue weighted by Crippen LogP contribution is -2.39. The van der Waals surface area contributed by atoms with Crippen molar-refractivity contribution in [3.63, 3.8) is 0 Å². The number of carbonyl (C=O) groups excluding carboxylic acids is 1. The molecule has 2 aliphatic rings. The number of amides is 1. The topological polar surface area (TPSA) is 23.6 Å². The van der Waals surface area contributed by atoms with Crippen molar-refractivity contribution in [2.45, 2.75) is 44.3 Å². The van der Waals surface area contributed by atoms with Crippen molar-refractivity contribution in [3.05, 3.63) is 21.3 Å². The van der Waals surface area contributed by atoms with Crippen LogP contribution < -0.4 is 0 Å². The van der Waals surface area contributed by atoms with E-state index in [1.807, 2.05) is 6.07 Å². The summed E-state index contributed by atoms with van der Waals surface area (Å²) in [5.41, 5.74) is 0. The van der Waals surface area contributed by atoms with Gasteiger partial charge in [0.15, 0.2) is 0 Å². The second kappa shape index (κ2) is 10.2. The predicted molar refractivity (Wildman–Crippen MR) is 110 cm³/mol. The van der Waals surface area contributed by atoms with Crippen molar-refractivity contribution < 1.29 is 4.79 Å². The van der Waals surface area contributed by atoms with Crippen LogP contribution in [-0.4, -0.2) is 54.2 Å². The molecule has 140 valence electrons. The number of hydrogen-bond donors (Lipinski definition) is 0. The third-order valence-corrected chi connectivity index (χ3v) is 7.73. The van der Waals surface area contributed by atoms with Gasteiger partial charge in [-0.3, -0.25) is 4.79 Å². The molecule has 25 heavy (non-hydrogen) atoms. The number of thiophene rings is 1. The zero-order chi connectivity index (χ0) is 17.5. The number of piperidine rings is 1. The van der Waals surface area contributed by atoms with Crippen LogP contribution in [-0.2, 0) is 10.5 Å². The minimum Gasteiger partial charge on any atom is -0.342 e. The van der Waals surface area contributed by atoms with E-state index in [4.69, 9.17) is 11.6 Å². The lowest BCUT2D eigenvalue weighted by atomic mass is 9.92. The van der Waals surface area contributed by atoms with Gasteiger partial charge in [0.05, 0.1) is 10.1 Å². The Morgan fingerprint density at radius 2 is 1.96 bits per heavy atom. The Labute approximate surface area is 165 Å². The lowest BCUT2D eigenvalue weighted by Gasteiger charge is -2.32. The van der Waals surface area contributed by atoms with E-state index in [2.05, 4.69) is 15.9 Å². The Balaban J connectivity index is 1.26. The van der Waals surface area contributed by atoms with Gasteiger partial charge in [-0.1, -0.05) is 11.6 Å². The van der Waals surface area contributed by atoms with E-state index in [9.17, 15) is 4.79 Å². The van der Waals surface area contributed by atoms with Crippen LogP contribution in [0.5, 0.6) is 0 Å². The minimum atomic E-state index is 0.308. The van der Waals surface area contributed by atoms with E-state index in [0.29, 0.717) is 11.7 Å². The zero-order valence-corrected chi connectivity index (χ0v) is 17.3. The van der Waals surface area contributed by atoms with E-state index in [1.54, 1.807) is 23.1 Å². The average Bonchev–Trinajstić information content (AvgIpc) is 3.27. The first-order chi connectivity index (χ1) is 12.2. The second-order valence-corrected chi connectivity index (χ2v) is 10.00. The number of carbonyl (C=O) groups is 1. The molecule has 1 aromatic heterocycles. The highest BCUT2D eigenvalue weighted by Gasteiger charge is 2.22. The van der Waals surface area contributed by atoms with E-state index in [1.165, 1.54) is 63.0 Å². The summed E-state index contributed by atoms with van der Waals surface area (Å²) < 4.78 is 0.828. The van der Waals surface area contributed by atoms with E-state index < -0.39 is 0 Å². The third-order valence-electron chi connectivity index (χ3n) is 5.35. The molecule has 1 amide bonds. The maximum Gasteiger partial charge on any atom is 0.232 e. The quantitative estimate of drug-likeness (QED) is 0.629. The van der Waals surface area contributed by atoms with Crippen molar-refractivity contribution >= 4 is 40.6 Å². The van der Waals surface area contributed by atoms with Crippen LogP contribution in [0.2, 0.25) is 4.34 Å². The molecular formula is C19H29ClN2OS2. The fraction of sp³-hybridized carbons (Fsp3) is 0.737. The molecule has 0 bridgehead atoms. The van der Waals surface area contributed by atoms with Crippen molar-refractivity contribution in [1.82, 2.24) is 9.80 Å². The van der Waals surface area contributed by atoms with Gasteiger partial charge < -0.3 is 9.80 Å². The highest BCUT2D eigenvalue weighted by Crippen LogP contribution is 2.26. The first-order valence-corrected chi connectivity index (χ1v) is 11.9. The highest BCUT2D eigenvalue weighted by molar-refractivity contribution is 7.99. The van der Waals surface area contributed by atoms with Crippen LogP contribution in [0.4, 0.5) is 0 Å². The van der Waals surface area contributed by atoms with Gasteiger partial charge in [-0.15, -0.1) is 23.1 Å². The van der Waals surface area contributed by atoms with Crippen LogP contribution >= 0.6 is 34.7 Å². The molecule has 0 atom stereocenters. The van der Waals surface area contributed by atoms with Gasteiger partial charge in [0, 0.05) is 23.7 Å². The number of thioether (sulfide) groups is 1. The fourth-order valence-electron chi connectivity index (χ4n) is 3.84. The van der Waals surface area contributed by atoms with Crippen molar-refractivity contribution in [1.29, 1.82) is 0 Å². The zero-order valence-electron chi connectivity index (χ0n) is 14.9. The molecule has 6 heteroatoms. The van der Waals surface area contributed by atoms with Gasteiger partial charge in [-0.05, 0) is 76.2 Å². The second-order valence-electron chi connectivity index (χ2n) is 7.21. The lowest BCUT2D eigenvalue weighted by molar-refractivity contribution is -0.129. The molecule has 2 fully saturated rings. The average molecular weight is 401 g/mol. The van der Waals surface area contributed by atoms with Crippen LogP contribution in [0.25, 0.3) is 0 Å². The molecular weight excluding hydrogens is 372 g/mol. The number of hydrogen-bond acceptors (Lipinski definition) is 4. The molecule has 2 saturated heterocycles. The summed E-state index contributed by atoms with van der Waals surface area (Å²) in [6, 6.07) is 3.98. The van der Waals surface area contributed by atoms with Crippen LogP contribution in [0.15, 0.2) is 12.1 Å². The summed E-state index contributed by atoms with van der Waals surface area (Å²) >= 11 is 9.26. The van der Waals surface area contributed by atoms with E-state index in [-0.39, 0.29) is 0 Å². The van der Waals surface area contributed by atoms with Crippen molar-refractivity contribution in [3.8, 4) is 0 Å². The predicted octanol–water partition coefficient (Wildman–Crippen LogP) is 4.75. The summed E-state index contributed by atoms with van der Waals surface area (Å²) in [5, 5.41) is 0. The minimum absolute atomic E-state index is 0.308. The molecule has 0 radical (unpaired) electrons. The summed E-state index contributed by atoms with van der Waals surface area (Å²) in [4.78, 5) is 18.3. The van der Waals surface area contributed by atoms with Gasteiger partial charge in [-0.2, -0.15) is 0 Å². The number of rotatable bonds is 8. The summed E-state index contributed by atoms with van der Waals surface area (Å²) in [5.74, 6) is 2.61. The van der Waals surface area contributed by atoms with Crippen LogP contribution in [0, 0.1) is 5.92 Å². The van der Waals surface area contributed by atoms with Gasteiger partial charge >= 0.3 is 0 Å². The number of halogens is 1. The molecule has 1 aromatic rings. The Hall–Kier alpha value is -0.230. The highest BCUT2D eigenvalue weighted by atomic mass is 35.5. The maximum atomic E-state index is 12.4. The normalized spacial score (nSPS) is 19.6. The first-order valence-electron chi connectivity index (χ1n) is 9.53. The monoisotopic (exact) mass is 400 g/mol. The Bertz CT molecular complexity index is 537. The smallest absolute Gasteiger partial charge is 0.232 e. The molecule has 0 aliphatic carbocycles. The number of likely N-dealkylation sites (tertiary alicyclic amines) is 2. The van der Waals surface area contributed by atoms with Crippen LogP contribution in [0.3, 0.4) is 0 Å². The molecule has 3 heterocycles. The Morgan fingerprint density at radius 3 is 2.64 bits per heavy atom. The first kappa shape index (κ1) is 19.5. The van der Waals surface area contributed by atoms with Gasteiger partial charge in [-0.25, -0.2) is 0 Å². The molecule has 0 unspecified atom stereocenters. The number of nitrogens with zero attached hydrogens (tertiary/aromatic N) is 2. The fourth-order valence-corrected chi connectivity index (χ4v) is 5.97. The Kier molecular flexibility index (Phi) is 7.96. The van der Waals surface area contributed by atoms with E-state index in [0.717, 1.165) is 29.1 Å². The largest absolute Gasteiger partial charge is 0.342 e. The molecule has 0 spiro atoms. The molecule has 2 aliphatic heterocycles. The van der Waals surface area contributed by atoms with Gasteiger partial charge in [0.2, 0.25) is 5.91 Å². The maximum absolute atomic E-state index is 12.4. The SMILES string of the molecule is O=C(CSCc1ccc(Cl)s1)N1CCC(CCCN2CCCC2)CC1. The molecule has 0 N–H and O–H groups in total. The Morgan fingerprint density at radius 1 is 1.20 bits per heavy atom. The van der Waals surface area contributed by atoms with Crippen molar-refractivity contribution in [2.75, 3.05) is 38.5 Å². The van der Waals surface area contributed by atoms with Gasteiger partial charge in [0.25, 0.3) is 0 Å². The summed E-state index contributed by atoms with van der Waals surface area (Å²) in [6.45, 7) is 5.81. The molecule has 3 rings (SSSR count). The molecule has 0 aromatic carbocycles. The standard InChI is InChI=1S/C19H29ClN2OS2/c20-18-6-5-17(25-18)14-24-15-19(23)22-12-7-16(8-13-22)4-3-11-21-9-1-2-10-21/h5-6,16H,1-4,7-15H2. The summed E-state index contributed by atoms with van der Waals surface area (Å²) in [7, 11) is 0. The van der Waals surface area contributed by atoms with Gasteiger partial charge in [0.1, 0.15) is 0 Å².